The number of carbonyl (C=O) groups excluding carboxylic acids is 2. The van der Waals surface area contributed by atoms with Crippen LogP contribution in [0.5, 0.6) is 5.75 Å². The van der Waals surface area contributed by atoms with Crippen LogP contribution in [-0.4, -0.2) is 85.1 Å². The zero-order valence-electron chi connectivity index (χ0n) is 16.9. The van der Waals surface area contributed by atoms with E-state index in [1.165, 1.54) is 52.5 Å². The first kappa shape index (κ1) is 23.0. The molecule has 0 spiro atoms. The Morgan fingerprint density at radius 1 is 1.30 bits per heavy atom. The highest BCUT2D eigenvalue weighted by Gasteiger charge is 2.54. The lowest BCUT2D eigenvalue weighted by atomic mass is 10.0. The summed E-state index contributed by atoms with van der Waals surface area (Å²) in [5, 5.41) is 32.7. The highest BCUT2D eigenvalue weighted by Crippen LogP contribution is 2.41. The standard InChI is InChI=1S/C18H16N6O6S3/c1-23-18(20-21-22-23)32-7-9-6-31-16-11(15(27)24(16)12(9)17(28)29)19-14(26)13(33-30)8-2-4-10(25)5-3-8/h2-5,11,16,25H,6-7H2,1H3,(H,19,26)(H,28,29)/t11?,16-/m1/s1. The average Bonchev–Trinajstić information content (AvgIpc) is 3.21. The largest absolute Gasteiger partial charge is 0.508 e. The lowest BCUT2D eigenvalue weighted by molar-refractivity contribution is -0.150. The van der Waals surface area contributed by atoms with Crippen LogP contribution in [0.25, 0.3) is 0 Å². The van der Waals surface area contributed by atoms with Crippen LogP contribution >= 0.6 is 23.5 Å². The second kappa shape index (κ2) is 9.36. The number of tetrazole rings is 1. The minimum Gasteiger partial charge on any atom is -0.508 e. The maximum atomic E-state index is 12.8. The number of aromatic nitrogens is 4. The van der Waals surface area contributed by atoms with E-state index in [9.17, 15) is 28.8 Å². The van der Waals surface area contributed by atoms with Gasteiger partial charge < -0.3 is 15.5 Å². The molecule has 172 valence electrons. The van der Waals surface area contributed by atoms with Crippen LogP contribution < -0.4 is 5.32 Å². The maximum Gasteiger partial charge on any atom is 0.352 e. The number of carbonyl (C=O) groups is 3. The molecule has 1 saturated heterocycles. The molecule has 33 heavy (non-hydrogen) atoms. The van der Waals surface area contributed by atoms with Gasteiger partial charge in [0.2, 0.25) is 5.16 Å². The van der Waals surface area contributed by atoms with Gasteiger partial charge in [0.15, 0.2) is 0 Å². The Bertz CT molecular complexity index is 1220. The molecule has 2 aliphatic rings. The fraction of sp³-hybridized carbons (Fsp3) is 0.278. The van der Waals surface area contributed by atoms with Crippen LogP contribution in [0, 0.1) is 0 Å². The van der Waals surface area contributed by atoms with Gasteiger partial charge in [-0.3, -0.25) is 14.5 Å². The number of aliphatic carboxylic acids is 1. The van der Waals surface area contributed by atoms with Gasteiger partial charge in [0.25, 0.3) is 11.8 Å². The van der Waals surface area contributed by atoms with Gasteiger partial charge in [-0.1, -0.05) is 11.8 Å². The van der Waals surface area contributed by atoms with Crippen LogP contribution in [0.2, 0.25) is 0 Å². The number of carboxylic acid groups (broad SMARTS) is 1. The summed E-state index contributed by atoms with van der Waals surface area (Å²) in [6, 6.07) is 4.55. The number of hydrogen-bond donors (Lipinski definition) is 3. The molecule has 3 heterocycles. The first-order valence-electron chi connectivity index (χ1n) is 9.34. The quantitative estimate of drug-likeness (QED) is 0.185. The third kappa shape index (κ3) is 4.38. The number of fused-ring (bicyclic) bond motifs is 1. The number of nitrogens with zero attached hydrogens (tertiary/aromatic N) is 5. The van der Waals surface area contributed by atoms with Gasteiger partial charge in [0, 0.05) is 24.1 Å². The van der Waals surface area contributed by atoms with Crippen molar-refractivity contribution in [1.29, 1.82) is 0 Å². The van der Waals surface area contributed by atoms with Crippen molar-refractivity contribution in [3.63, 3.8) is 0 Å². The fourth-order valence-corrected chi connectivity index (χ4v) is 6.03. The lowest BCUT2D eigenvalue weighted by Gasteiger charge is -2.49. The molecule has 2 aliphatic heterocycles. The second-order valence-electron chi connectivity index (χ2n) is 6.95. The Morgan fingerprint density at radius 3 is 2.64 bits per heavy atom. The van der Waals surface area contributed by atoms with E-state index in [-0.39, 0.29) is 33.3 Å². The van der Waals surface area contributed by atoms with E-state index in [1.54, 1.807) is 7.05 Å². The van der Waals surface area contributed by atoms with E-state index < -0.39 is 29.2 Å². The predicted octanol–water partition coefficient (Wildman–Crippen LogP) is -0.820. The number of nitrogens with one attached hydrogen (secondary N) is 1. The molecule has 2 atom stereocenters. The van der Waals surface area contributed by atoms with Crippen LogP contribution in [0.3, 0.4) is 0 Å². The molecule has 0 aliphatic carbocycles. The smallest absolute Gasteiger partial charge is 0.352 e. The van der Waals surface area contributed by atoms with Gasteiger partial charge in [0.05, 0.1) is 0 Å². The molecule has 4 rings (SSSR count). The monoisotopic (exact) mass is 508 g/mol. The predicted molar refractivity (Wildman–Crippen MR) is 120 cm³/mol. The molecular weight excluding hydrogens is 492 g/mol. The highest BCUT2D eigenvalue weighted by atomic mass is 32.2. The zero-order valence-corrected chi connectivity index (χ0v) is 19.3. The van der Waals surface area contributed by atoms with E-state index in [2.05, 4.69) is 20.8 Å². The number of aryl methyl sites for hydroxylation is 1. The molecule has 1 fully saturated rings. The van der Waals surface area contributed by atoms with Crippen molar-refractivity contribution in [1.82, 2.24) is 30.4 Å². The number of thioether (sulfide) groups is 2. The van der Waals surface area contributed by atoms with Crippen molar-refractivity contribution < 1.29 is 28.8 Å². The van der Waals surface area contributed by atoms with Gasteiger partial charge in [-0.2, -0.15) is 0 Å². The van der Waals surface area contributed by atoms with Crippen molar-refractivity contribution in [3.8, 4) is 5.75 Å². The Hall–Kier alpha value is -3.17. The van der Waals surface area contributed by atoms with E-state index >= 15 is 0 Å². The van der Waals surface area contributed by atoms with Gasteiger partial charge in [0.1, 0.15) is 39.0 Å². The molecule has 0 saturated carbocycles. The van der Waals surface area contributed by atoms with Crippen molar-refractivity contribution in [2.75, 3.05) is 11.5 Å². The third-order valence-electron chi connectivity index (χ3n) is 4.91. The minimum absolute atomic E-state index is 0.0183. The van der Waals surface area contributed by atoms with Gasteiger partial charge in [-0.15, -0.1) is 16.9 Å². The normalized spacial score (nSPS) is 19.5. The van der Waals surface area contributed by atoms with E-state index in [0.717, 1.165) is 4.90 Å². The van der Waals surface area contributed by atoms with Gasteiger partial charge in [-0.25, -0.2) is 13.7 Å². The first-order chi connectivity index (χ1) is 15.8. The Labute approximate surface area is 198 Å². The number of aromatic hydroxyl groups is 1. The molecule has 15 heteroatoms. The van der Waals surface area contributed by atoms with Crippen molar-refractivity contribution in [2.45, 2.75) is 16.6 Å². The van der Waals surface area contributed by atoms with Crippen molar-refractivity contribution in [3.05, 3.63) is 41.1 Å². The lowest BCUT2D eigenvalue weighted by Crippen LogP contribution is -2.71. The summed E-state index contributed by atoms with van der Waals surface area (Å²) in [4.78, 5) is 38.4. The van der Waals surface area contributed by atoms with Crippen molar-refractivity contribution in [2.24, 2.45) is 7.05 Å². The van der Waals surface area contributed by atoms with Crippen molar-refractivity contribution >= 4 is 57.4 Å². The number of amides is 2. The van der Waals surface area contributed by atoms with E-state index in [1.807, 2.05) is 0 Å². The maximum absolute atomic E-state index is 12.8. The molecular formula is C18H16N6O6S3. The van der Waals surface area contributed by atoms with E-state index in [4.69, 9.17) is 0 Å². The van der Waals surface area contributed by atoms with Crippen LogP contribution in [0.4, 0.5) is 0 Å². The van der Waals surface area contributed by atoms with Crippen LogP contribution in [-0.2, 0) is 32.7 Å². The fourth-order valence-electron chi connectivity index (χ4n) is 3.33. The van der Waals surface area contributed by atoms with Gasteiger partial charge >= 0.3 is 5.97 Å². The molecule has 1 aromatic heterocycles. The minimum atomic E-state index is -1.24. The molecule has 1 unspecified atom stereocenters. The molecule has 1 aromatic carbocycles. The highest BCUT2D eigenvalue weighted by molar-refractivity contribution is 8.01. The summed E-state index contributed by atoms with van der Waals surface area (Å²) in [6.45, 7) is 0. The molecule has 0 bridgehead atoms. The number of carboxylic acids is 1. The third-order valence-corrected chi connectivity index (χ3v) is 7.94. The summed E-state index contributed by atoms with van der Waals surface area (Å²) < 4.78 is 13.0. The summed E-state index contributed by atoms with van der Waals surface area (Å²) in [5.41, 5.74) is 0.730. The van der Waals surface area contributed by atoms with Crippen LogP contribution in [0.15, 0.2) is 40.7 Å². The Morgan fingerprint density at radius 2 is 2.03 bits per heavy atom. The molecule has 0 radical (unpaired) electrons. The molecule has 3 N–H and O–H groups in total. The molecule has 12 nitrogen and oxygen atoms in total. The molecule has 2 amide bonds. The topological polar surface area (TPSA) is 168 Å². The summed E-state index contributed by atoms with van der Waals surface area (Å²) in [6.07, 6.45) is 0. The summed E-state index contributed by atoms with van der Waals surface area (Å²) in [5.74, 6) is -1.95. The molecule has 2 aromatic rings. The number of benzene rings is 1. The first-order valence-corrected chi connectivity index (χ1v) is 12.1. The zero-order chi connectivity index (χ0) is 23.7. The van der Waals surface area contributed by atoms with Crippen LogP contribution in [0.1, 0.15) is 5.56 Å². The second-order valence-corrected chi connectivity index (χ2v) is 9.57. The SMILES string of the molecule is Cn1nnnc1SCC1=C(C(=O)O)N2C(=O)C(NC(=O)C(=S=O)c3ccc(O)cc3)[C@H]2SC1. The number of rotatable bonds is 7. The Balaban J connectivity index is 1.49. The number of hydrogen-bond acceptors (Lipinski definition) is 10. The summed E-state index contributed by atoms with van der Waals surface area (Å²) in [7, 11) is 1.66. The van der Waals surface area contributed by atoms with E-state index in [0.29, 0.717) is 22.0 Å². The van der Waals surface area contributed by atoms with Gasteiger partial charge in [-0.05, 0) is 40.3 Å². The summed E-state index contributed by atoms with van der Waals surface area (Å²) >= 11 is 2.55. The average molecular weight is 509 g/mol. The number of phenolic OH excluding ortho intramolecular Hbond substituents is 1. The Kier molecular flexibility index (Phi) is 6.53. The number of β-lactam (4-membered cyclic amide) rings is 1. The number of phenols is 1.